The van der Waals surface area contributed by atoms with E-state index in [1.165, 1.54) is 6.92 Å². The molecule has 0 aliphatic rings. The van der Waals surface area contributed by atoms with Crippen LogP contribution in [-0.4, -0.2) is 38.6 Å². The molecule has 110 valence electrons. The minimum atomic E-state index is -0.193. The lowest BCUT2D eigenvalue weighted by molar-refractivity contribution is -0.116. The molecule has 0 bridgehead atoms. The number of methoxy groups -OCH3 is 1. The average molecular weight is 344 g/mol. The lowest BCUT2D eigenvalue weighted by atomic mass is 10.2. The second-order valence-electron chi connectivity index (χ2n) is 4.09. The number of amides is 2. The molecule has 6 nitrogen and oxygen atoms in total. The van der Waals surface area contributed by atoms with E-state index < -0.39 is 0 Å². The highest BCUT2D eigenvalue weighted by molar-refractivity contribution is 9.10. The number of benzene rings is 1. The molecular weight excluding hydrogens is 326 g/mol. The van der Waals surface area contributed by atoms with Crippen molar-refractivity contribution < 1.29 is 14.3 Å². The summed E-state index contributed by atoms with van der Waals surface area (Å²) in [7, 11) is 1.60. The third kappa shape index (κ3) is 6.14. The predicted octanol–water partition coefficient (Wildman–Crippen LogP) is 1.58. The summed E-state index contributed by atoms with van der Waals surface area (Å²) in [5.74, 6) is -0.383. The van der Waals surface area contributed by atoms with Gasteiger partial charge in [0, 0.05) is 25.1 Å². The van der Waals surface area contributed by atoms with E-state index in [1.54, 1.807) is 25.3 Å². The van der Waals surface area contributed by atoms with Gasteiger partial charge >= 0.3 is 0 Å². The number of anilines is 2. The fourth-order valence-corrected chi connectivity index (χ4v) is 1.85. The minimum absolute atomic E-state index is 0.176. The predicted molar refractivity (Wildman–Crippen MR) is 81.8 cm³/mol. The van der Waals surface area contributed by atoms with Gasteiger partial charge in [0.05, 0.1) is 24.5 Å². The lowest BCUT2D eigenvalue weighted by Gasteiger charge is -2.12. The molecule has 0 radical (unpaired) electrons. The number of halogens is 1. The molecule has 0 heterocycles. The first-order valence-corrected chi connectivity index (χ1v) is 6.89. The molecule has 0 aliphatic heterocycles. The molecule has 3 N–H and O–H groups in total. The summed E-state index contributed by atoms with van der Waals surface area (Å²) in [5.41, 5.74) is 1.11. The Morgan fingerprint density at radius 1 is 1.25 bits per heavy atom. The molecule has 1 aromatic carbocycles. The molecule has 20 heavy (non-hydrogen) atoms. The van der Waals surface area contributed by atoms with Gasteiger partial charge in [0.1, 0.15) is 0 Å². The van der Waals surface area contributed by atoms with Gasteiger partial charge in [-0.2, -0.15) is 0 Å². The lowest BCUT2D eigenvalue weighted by Crippen LogP contribution is -2.30. The van der Waals surface area contributed by atoms with Gasteiger partial charge < -0.3 is 20.7 Å². The highest BCUT2D eigenvalue weighted by Gasteiger charge is 2.08. The Hall–Kier alpha value is -1.44. The molecule has 0 aromatic heterocycles. The molecule has 0 unspecified atom stereocenters. The second kappa shape index (κ2) is 8.68. The van der Waals surface area contributed by atoms with E-state index in [4.69, 9.17) is 4.74 Å². The van der Waals surface area contributed by atoms with E-state index in [0.29, 0.717) is 24.5 Å². The Morgan fingerprint density at radius 2 is 2.00 bits per heavy atom. The monoisotopic (exact) mass is 343 g/mol. The number of carbonyl (C=O) groups is 2. The van der Waals surface area contributed by atoms with Crippen LogP contribution in [0.3, 0.4) is 0 Å². The summed E-state index contributed by atoms with van der Waals surface area (Å²) < 4.78 is 5.69. The highest BCUT2D eigenvalue weighted by atomic mass is 79.9. The maximum atomic E-state index is 11.8. The molecule has 2 amide bonds. The van der Waals surface area contributed by atoms with Crippen LogP contribution in [0, 0.1) is 0 Å². The fraction of sp³-hybridized carbons (Fsp3) is 0.385. The minimum Gasteiger partial charge on any atom is -0.383 e. The summed E-state index contributed by atoms with van der Waals surface area (Å²) in [6, 6.07) is 5.25. The van der Waals surface area contributed by atoms with Crippen molar-refractivity contribution in [3.05, 3.63) is 22.7 Å². The quantitative estimate of drug-likeness (QED) is 0.656. The second-order valence-corrected chi connectivity index (χ2v) is 5.00. The van der Waals surface area contributed by atoms with Crippen molar-refractivity contribution in [3.63, 3.8) is 0 Å². The van der Waals surface area contributed by atoms with Crippen LogP contribution in [0.15, 0.2) is 22.7 Å². The highest BCUT2D eigenvalue weighted by Crippen LogP contribution is 2.25. The van der Waals surface area contributed by atoms with Crippen LogP contribution in [0.2, 0.25) is 0 Å². The molecule has 7 heteroatoms. The number of ether oxygens (including phenoxy) is 1. The maximum absolute atomic E-state index is 11.8. The Kier molecular flexibility index (Phi) is 7.21. The normalized spacial score (nSPS) is 10.2. The van der Waals surface area contributed by atoms with Crippen LogP contribution in [-0.2, 0) is 14.3 Å². The molecule has 0 atom stereocenters. The molecule has 0 spiro atoms. The molecule has 1 rings (SSSR count). The van der Waals surface area contributed by atoms with Crippen LogP contribution in [0.4, 0.5) is 11.4 Å². The van der Waals surface area contributed by atoms with E-state index in [2.05, 4.69) is 31.9 Å². The molecule has 0 saturated heterocycles. The smallest absolute Gasteiger partial charge is 0.238 e. The fourth-order valence-electron chi connectivity index (χ4n) is 1.49. The Bertz CT molecular complexity index is 480. The zero-order valence-corrected chi connectivity index (χ0v) is 13.0. The van der Waals surface area contributed by atoms with Gasteiger partial charge in [-0.1, -0.05) is 15.9 Å². The maximum Gasteiger partial charge on any atom is 0.238 e. The first-order valence-electron chi connectivity index (χ1n) is 6.09. The van der Waals surface area contributed by atoms with Crippen LogP contribution in [0.25, 0.3) is 0 Å². The van der Waals surface area contributed by atoms with E-state index in [9.17, 15) is 9.59 Å². The van der Waals surface area contributed by atoms with Crippen LogP contribution in [0.1, 0.15) is 6.92 Å². The number of carbonyl (C=O) groups excluding carboxylic acids is 2. The third-order valence-corrected chi connectivity index (χ3v) is 2.83. The topological polar surface area (TPSA) is 79.5 Å². The number of hydrogen-bond acceptors (Lipinski definition) is 4. The van der Waals surface area contributed by atoms with Crippen molar-refractivity contribution in [1.29, 1.82) is 0 Å². The number of nitrogens with one attached hydrogen (secondary N) is 3. The zero-order chi connectivity index (χ0) is 15.0. The summed E-state index contributed by atoms with van der Waals surface area (Å²) in [5, 5.41) is 8.36. The Balaban J connectivity index is 2.62. The van der Waals surface area contributed by atoms with Crippen molar-refractivity contribution in [2.24, 2.45) is 0 Å². The van der Waals surface area contributed by atoms with Crippen LogP contribution < -0.4 is 16.0 Å². The first kappa shape index (κ1) is 16.6. The molecular formula is C13H18BrN3O3. The van der Waals surface area contributed by atoms with Gasteiger partial charge in [-0.25, -0.2) is 0 Å². The molecule has 0 aliphatic carbocycles. The van der Waals surface area contributed by atoms with Gasteiger partial charge in [-0.15, -0.1) is 0 Å². The van der Waals surface area contributed by atoms with Crippen molar-refractivity contribution in [2.45, 2.75) is 6.92 Å². The van der Waals surface area contributed by atoms with E-state index in [0.717, 1.165) is 4.47 Å². The van der Waals surface area contributed by atoms with Crippen molar-refractivity contribution in [3.8, 4) is 0 Å². The van der Waals surface area contributed by atoms with E-state index in [-0.39, 0.29) is 18.4 Å². The summed E-state index contributed by atoms with van der Waals surface area (Å²) in [6.45, 7) is 2.73. The first-order chi connectivity index (χ1) is 9.52. The van der Waals surface area contributed by atoms with E-state index >= 15 is 0 Å². The van der Waals surface area contributed by atoms with Crippen molar-refractivity contribution in [2.75, 3.05) is 37.4 Å². The zero-order valence-electron chi connectivity index (χ0n) is 11.5. The largest absolute Gasteiger partial charge is 0.383 e. The van der Waals surface area contributed by atoms with Crippen molar-refractivity contribution >= 4 is 39.1 Å². The molecule has 0 saturated carbocycles. The summed E-state index contributed by atoms with van der Waals surface area (Å²) in [4.78, 5) is 22.9. The molecule has 0 fully saturated rings. The van der Waals surface area contributed by atoms with Gasteiger partial charge in [0.2, 0.25) is 11.8 Å². The van der Waals surface area contributed by atoms with Gasteiger partial charge in [-0.05, 0) is 18.2 Å². The van der Waals surface area contributed by atoms with Crippen LogP contribution >= 0.6 is 15.9 Å². The van der Waals surface area contributed by atoms with Gasteiger partial charge in [-0.3, -0.25) is 9.59 Å². The standard InChI is InChI=1S/C13H18BrN3O3/c1-9(18)16-11-4-3-10(14)7-12(11)17-13(19)8-15-5-6-20-2/h3-4,7,15H,5-6,8H2,1-2H3,(H,16,18)(H,17,19). The number of rotatable bonds is 7. The third-order valence-electron chi connectivity index (χ3n) is 2.33. The van der Waals surface area contributed by atoms with E-state index in [1.807, 2.05) is 0 Å². The average Bonchev–Trinajstić information content (AvgIpc) is 2.37. The van der Waals surface area contributed by atoms with Crippen LogP contribution in [0.5, 0.6) is 0 Å². The van der Waals surface area contributed by atoms with Crippen molar-refractivity contribution in [1.82, 2.24) is 5.32 Å². The number of hydrogen-bond donors (Lipinski definition) is 3. The van der Waals surface area contributed by atoms with Gasteiger partial charge in [0.15, 0.2) is 0 Å². The SMILES string of the molecule is COCCNCC(=O)Nc1cc(Br)ccc1NC(C)=O. The molecule has 1 aromatic rings. The summed E-state index contributed by atoms with van der Waals surface area (Å²) in [6.07, 6.45) is 0. The summed E-state index contributed by atoms with van der Waals surface area (Å²) >= 11 is 3.33. The Labute approximate surface area is 126 Å². The Morgan fingerprint density at radius 3 is 2.65 bits per heavy atom. The van der Waals surface area contributed by atoms with Gasteiger partial charge in [0.25, 0.3) is 0 Å².